The molecule has 144 valence electrons. The first-order valence-corrected chi connectivity index (χ1v) is 9.46. The van der Waals surface area contributed by atoms with Gasteiger partial charge < -0.3 is 14.8 Å². The molecule has 0 bridgehead atoms. The summed E-state index contributed by atoms with van der Waals surface area (Å²) < 4.78 is 11.1. The summed E-state index contributed by atoms with van der Waals surface area (Å²) in [7, 11) is 0. The van der Waals surface area contributed by atoms with E-state index in [0.29, 0.717) is 12.3 Å². The molecule has 5 heteroatoms. The zero-order valence-corrected chi connectivity index (χ0v) is 16.1. The van der Waals surface area contributed by atoms with Gasteiger partial charge in [-0.15, -0.1) is 0 Å². The minimum Gasteiger partial charge on any atom is -0.484 e. The number of nitrogens with one attached hydrogen (secondary N) is 1. The molecule has 1 atom stereocenters. The predicted molar refractivity (Wildman–Crippen MR) is 106 cm³/mol. The fraction of sp³-hybridized carbons (Fsp3) is 0.409. The van der Waals surface area contributed by atoms with E-state index in [-0.39, 0.29) is 18.6 Å². The molecule has 1 saturated heterocycles. The molecule has 5 nitrogen and oxygen atoms in total. The first-order chi connectivity index (χ1) is 13.1. The molecule has 1 N–H and O–H groups in total. The number of aryl methyl sites for hydroxylation is 2. The molecule has 3 rings (SSSR count). The van der Waals surface area contributed by atoms with E-state index in [1.54, 1.807) is 0 Å². The molecule has 1 aliphatic rings. The van der Waals surface area contributed by atoms with E-state index in [9.17, 15) is 4.79 Å². The maximum Gasteiger partial charge on any atom is 0.258 e. The van der Waals surface area contributed by atoms with Gasteiger partial charge >= 0.3 is 0 Å². The highest BCUT2D eigenvalue weighted by molar-refractivity contribution is 5.77. The van der Waals surface area contributed by atoms with Gasteiger partial charge in [0, 0.05) is 19.6 Å². The van der Waals surface area contributed by atoms with Gasteiger partial charge in [0.05, 0.1) is 19.3 Å². The highest BCUT2D eigenvalue weighted by atomic mass is 16.5. The molecule has 0 aliphatic carbocycles. The number of morpholine rings is 1. The Hall–Kier alpha value is -2.37. The maximum absolute atomic E-state index is 12.3. The molecule has 1 aliphatic heterocycles. The number of carbonyl (C=O) groups is 1. The minimum atomic E-state index is -0.110. The third-order valence-corrected chi connectivity index (χ3v) is 4.83. The second-order valence-corrected chi connectivity index (χ2v) is 6.98. The van der Waals surface area contributed by atoms with Crippen molar-refractivity contribution in [3.8, 4) is 5.75 Å². The molecule has 2 aromatic carbocycles. The monoisotopic (exact) mass is 368 g/mol. The lowest BCUT2D eigenvalue weighted by atomic mass is 10.0. The predicted octanol–water partition coefficient (Wildman–Crippen LogP) is 2.87. The zero-order valence-electron chi connectivity index (χ0n) is 16.1. The molecule has 0 saturated carbocycles. The average molecular weight is 368 g/mol. The van der Waals surface area contributed by atoms with Crippen LogP contribution < -0.4 is 10.1 Å². The van der Waals surface area contributed by atoms with Crippen molar-refractivity contribution < 1.29 is 14.3 Å². The van der Waals surface area contributed by atoms with Crippen molar-refractivity contribution in [2.24, 2.45) is 0 Å². The number of hydrogen-bond donors (Lipinski definition) is 1. The summed E-state index contributed by atoms with van der Waals surface area (Å²) in [6.45, 7) is 7.87. The lowest BCUT2D eigenvalue weighted by Gasteiger charge is -2.35. The summed E-state index contributed by atoms with van der Waals surface area (Å²) in [5, 5.41) is 3.03. The lowest BCUT2D eigenvalue weighted by Crippen LogP contribution is -2.44. The fourth-order valence-electron chi connectivity index (χ4n) is 3.18. The van der Waals surface area contributed by atoms with Gasteiger partial charge in [-0.1, -0.05) is 47.5 Å². The summed E-state index contributed by atoms with van der Waals surface area (Å²) in [4.78, 5) is 14.6. The van der Waals surface area contributed by atoms with Gasteiger partial charge in [-0.2, -0.15) is 0 Å². The van der Waals surface area contributed by atoms with E-state index in [0.717, 1.165) is 26.3 Å². The first kappa shape index (κ1) is 19.4. The van der Waals surface area contributed by atoms with Gasteiger partial charge in [-0.3, -0.25) is 9.69 Å². The van der Waals surface area contributed by atoms with E-state index in [1.165, 1.54) is 16.7 Å². The van der Waals surface area contributed by atoms with Crippen LogP contribution in [0.1, 0.15) is 22.7 Å². The van der Waals surface area contributed by atoms with E-state index in [1.807, 2.05) is 31.2 Å². The minimum absolute atomic E-state index is 0.0206. The second-order valence-electron chi connectivity index (χ2n) is 6.98. The van der Waals surface area contributed by atoms with Crippen molar-refractivity contribution in [2.75, 3.05) is 39.5 Å². The molecular formula is C22H28N2O3. The Labute approximate surface area is 161 Å². The van der Waals surface area contributed by atoms with E-state index >= 15 is 0 Å². The summed E-state index contributed by atoms with van der Waals surface area (Å²) in [6.07, 6.45) is 0. The fourth-order valence-corrected chi connectivity index (χ4v) is 3.18. The Morgan fingerprint density at radius 2 is 1.63 bits per heavy atom. The van der Waals surface area contributed by atoms with E-state index < -0.39 is 0 Å². The van der Waals surface area contributed by atoms with Crippen molar-refractivity contribution in [3.05, 3.63) is 65.2 Å². The Balaban J connectivity index is 1.57. The number of nitrogens with zero attached hydrogens (tertiary/aromatic N) is 1. The van der Waals surface area contributed by atoms with Crippen LogP contribution in [-0.4, -0.2) is 50.3 Å². The average Bonchev–Trinajstić information content (AvgIpc) is 2.70. The van der Waals surface area contributed by atoms with Crippen LogP contribution in [0.4, 0.5) is 0 Å². The molecule has 1 fully saturated rings. The van der Waals surface area contributed by atoms with E-state index in [2.05, 4.69) is 41.4 Å². The van der Waals surface area contributed by atoms with Crippen LogP contribution in [0.15, 0.2) is 48.5 Å². The molecule has 0 aromatic heterocycles. The third-order valence-electron chi connectivity index (χ3n) is 4.83. The first-order valence-electron chi connectivity index (χ1n) is 9.46. The molecule has 0 radical (unpaired) electrons. The second kappa shape index (κ2) is 9.53. The number of benzene rings is 2. The molecule has 27 heavy (non-hydrogen) atoms. The largest absolute Gasteiger partial charge is 0.484 e. The summed E-state index contributed by atoms with van der Waals surface area (Å²) in [6, 6.07) is 16.4. The van der Waals surface area contributed by atoms with Gasteiger partial charge in [0.25, 0.3) is 5.91 Å². The summed E-state index contributed by atoms with van der Waals surface area (Å²) in [5.74, 6) is 0.597. The van der Waals surface area contributed by atoms with Crippen molar-refractivity contribution in [3.63, 3.8) is 0 Å². The molecule has 1 amide bonds. The Morgan fingerprint density at radius 3 is 2.26 bits per heavy atom. The van der Waals surface area contributed by atoms with Gasteiger partial charge in [0.1, 0.15) is 5.75 Å². The molecule has 1 heterocycles. The third kappa shape index (κ3) is 5.81. The maximum atomic E-state index is 12.3. The molecule has 0 spiro atoms. The Kier molecular flexibility index (Phi) is 6.85. The van der Waals surface area contributed by atoms with Crippen LogP contribution >= 0.6 is 0 Å². The van der Waals surface area contributed by atoms with Gasteiger partial charge in [-0.25, -0.2) is 0 Å². The number of rotatable bonds is 7. The smallest absolute Gasteiger partial charge is 0.258 e. The van der Waals surface area contributed by atoms with Crippen LogP contribution in [0.5, 0.6) is 5.75 Å². The van der Waals surface area contributed by atoms with Crippen LogP contribution in [0.3, 0.4) is 0 Å². The Morgan fingerprint density at radius 1 is 1.04 bits per heavy atom. The van der Waals surface area contributed by atoms with Crippen LogP contribution in [0.2, 0.25) is 0 Å². The van der Waals surface area contributed by atoms with Crippen LogP contribution in [0, 0.1) is 13.8 Å². The number of ether oxygens (including phenoxy) is 2. The van der Waals surface area contributed by atoms with Crippen LogP contribution in [-0.2, 0) is 9.53 Å². The highest BCUT2D eigenvalue weighted by Gasteiger charge is 2.23. The number of amides is 1. The lowest BCUT2D eigenvalue weighted by molar-refractivity contribution is -0.123. The quantitative estimate of drug-likeness (QED) is 0.817. The highest BCUT2D eigenvalue weighted by Crippen LogP contribution is 2.22. The molecule has 2 aromatic rings. The standard InChI is InChI=1S/C22H28N2O3/c1-17-3-7-19(8-4-17)21(24-11-13-26-14-12-24)15-23-22(25)16-27-20-9-5-18(2)6-10-20/h3-10,21H,11-16H2,1-2H3,(H,23,25). The van der Waals surface area contributed by atoms with Crippen molar-refractivity contribution >= 4 is 5.91 Å². The van der Waals surface area contributed by atoms with E-state index in [4.69, 9.17) is 9.47 Å². The van der Waals surface area contributed by atoms with Gasteiger partial charge in [0.15, 0.2) is 6.61 Å². The number of carbonyl (C=O) groups excluding carboxylic acids is 1. The number of hydrogen-bond acceptors (Lipinski definition) is 4. The summed E-state index contributed by atoms with van der Waals surface area (Å²) in [5.41, 5.74) is 3.61. The molecule has 1 unspecified atom stereocenters. The SMILES string of the molecule is Cc1ccc(OCC(=O)NCC(c2ccc(C)cc2)N2CCOCC2)cc1. The van der Waals surface area contributed by atoms with Gasteiger partial charge in [-0.05, 0) is 31.5 Å². The molecular weight excluding hydrogens is 340 g/mol. The summed E-state index contributed by atoms with van der Waals surface area (Å²) >= 11 is 0. The van der Waals surface area contributed by atoms with Crippen molar-refractivity contribution in [2.45, 2.75) is 19.9 Å². The van der Waals surface area contributed by atoms with Gasteiger partial charge in [0.2, 0.25) is 0 Å². The normalized spacial score (nSPS) is 15.9. The van der Waals surface area contributed by atoms with Crippen molar-refractivity contribution in [1.29, 1.82) is 0 Å². The van der Waals surface area contributed by atoms with Crippen LogP contribution in [0.25, 0.3) is 0 Å². The zero-order chi connectivity index (χ0) is 19.1. The van der Waals surface area contributed by atoms with Crippen molar-refractivity contribution in [1.82, 2.24) is 10.2 Å². The Bertz CT molecular complexity index is 722. The topological polar surface area (TPSA) is 50.8 Å².